The number of nitrogens with one attached hydrogen (secondary N) is 1. The van der Waals surface area contributed by atoms with Crippen molar-refractivity contribution in [3.8, 4) is 0 Å². The average Bonchev–Trinajstić information content (AvgIpc) is 2.64. The fraction of sp³-hybridized carbons (Fsp3) is 0.647. The number of anilines is 1. The molecule has 1 aliphatic heterocycles. The van der Waals surface area contributed by atoms with Crippen LogP contribution >= 0.6 is 0 Å². The van der Waals surface area contributed by atoms with Crippen molar-refractivity contribution in [1.29, 1.82) is 0 Å². The first-order chi connectivity index (χ1) is 9.72. The number of rotatable bonds is 5. The summed E-state index contributed by atoms with van der Waals surface area (Å²) in [6.07, 6.45) is 5.97. The minimum Gasteiger partial charge on any atom is -0.366 e. The highest BCUT2D eigenvalue weighted by Crippen LogP contribution is 2.27. The van der Waals surface area contributed by atoms with E-state index in [-0.39, 0.29) is 5.82 Å². The molecule has 0 aromatic heterocycles. The zero-order valence-electron chi connectivity index (χ0n) is 12.8. The lowest BCUT2D eigenvalue weighted by Gasteiger charge is -2.30. The molecule has 1 unspecified atom stereocenters. The molecule has 0 radical (unpaired) electrons. The average molecular weight is 278 g/mol. The van der Waals surface area contributed by atoms with Crippen molar-refractivity contribution < 1.29 is 4.39 Å². The molecule has 3 heteroatoms. The van der Waals surface area contributed by atoms with Crippen LogP contribution in [0.5, 0.6) is 0 Å². The Morgan fingerprint density at radius 1 is 1.30 bits per heavy atom. The van der Waals surface area contributed by atoms with E-state index in [0.29, 0.717) is 6.04 Å². The first-order valence-corrected chi connectivity index (χ1v) is 7.98. The van der Waals surface area contributed by atoms with E-state index in [1.807, 2.05) is 6.07 Å². The fourth-order valence-corrected chi connectivity index (χ4v) is 2.94. The lowest BCUT2D eigenvalue weighted by Crippen LogP contribution is -2.33. The smallest absolute Gasteiger partial charge is 0.146 e. The number of hydrogen-bond donors (Lipinski definition) is 1. The molecule has 1 fully saturated rings. The van der Waals surface area contributed by atoms with E-state index in [1.54, 1.807) is 6.07 Å². The van der Waals surface area contributed by atoms with Gasteiger partial charge >= 0.3 is 0 Å². The lowest BCUT2D eigenvalue weighted by atomic mass is 10.1. The molecule has 1 aromatic rings. The van der Waals surface area contributed by atoms with Crippen molar-refractivity contribution in [2.24, 2.45) is 0 Å². The molecule has 1 aliphatic rings. The van der Waals surface area contributed by atoms with Gasteiger partial charge in [-0.2, -0.15) is 0 Å². The summed E-state index contributed by atoms with van der Waals surface area (Å²) in [4.78, 5) is 2.24. The highest BCUT2D eigenvalue weighted by molar-refractivity contribution is 5.50. The van der Waals surface area contributed by atoms with E-state index in [4.69, 9.17) is 0 Å². The molecule has 0 saturated carbocycles. The van der Waals surface area contributed by atoms with Gasteiger partial charge in [-0.05, 0) is 50.4 Å². The van der Waals surface area contributed by atoms with Crippen LogP contribution in [0.4, 0.5) is 10.1 Å². The molecule has 1 heterocycles. The summed E-state index contributed by atoms with van der Waals surface area (Å²) in [5, 5.41) is 3.32. The molecule has 2 nitrogen and oxygen atoms in total. The second kappa shape index (κ2) is 7.63. The van der Waals surface area contributed by atoms with Crippen LogP contribution < -0.4 is 10.2 Å². The molecule has 1 N–H and O–H groups in total. The fourth-order valence-electron chi connectivity index (χ4n) is 2.94. The van der Waals surface area contributed by atoms with Crippen LogP contribution in [-0.2, 0) is 6.54 Å². The second-order valence-corrected chi connectivity index (χ2v) is 5.85. The van der Waals surface area contributed by atoms with Crippen molar-refractivity contribution in [3.63, 3.8) is 0 Å². The zero-order valence-corrected chi connectivity index (χ0v) is 12.8. The molecule has 2 rings (SSSR count). The van der Waals surface area contributed by atoms with Crippen LogP contribution in [0, 0.1) is 5.82 Å². The highest BCUT2D eigenvalue weighted by Gasteiger charge is 2.20. The SMILES string of the molecule is CCCNCc1ccc(N2CCCCCC2C)c(F)c1. The Kier molecular flexibility index (Phi) is 5.84. The summed E-state index contributed by atoms with van der Waals surface area (Å²) in [5.74, 6) is -0.0745. The minimum absolute atomic E-state index is 0.0745. The van der Waals surface area contributed by atoms with Crippen molar-refractivity contribution in [2.45, 2.75) is 58.5 Å². The van der Waals surface area contributed by atoms with Crippen LogP contribution in [-0.4, -0.2) is 19.1 Å². The van der Waals surface area contributed by atoms with E-state index in [2.05, 4.69) is 30.1 Å². The van der Waals surface area contributed by atoms with Gasteiger partial charge in [0.25, 0.3) is 0 Å². The minimum atomic E-state index is -0.0745. The van der Waals surface area contributed by atoms with Gasteiger partial charge in [-0.1, -0.05) is 25.8 Å². The third-order valence-corrected chi connectivity index (χ3v) is 4.13. The lowest BCUT2D eigenvalue weighted by molar-refractivity contribution is 0.578. The number of nitrogens with zero attached hydrogens (tertiary/aromatic N) is 1. The molecule has 20 heavy (non-hydrogen) atoms. The summed E-state index contributed by atoms with van der Waals surface area (Å²) >= 11 is 0. The Labute approximate surface area is 122 Å². The standard InChI is InChI=1S/C17H27FN2/c1-3-10-19-13-15-8-9-17(16(18)12-15)20-11-6-4-5-7-14(20)2/h8-9,12,14,19H,3-7,10-11,13H2,1-2H3. The van der Waals surface area contributed by atoms with Gasteiger partial charge in [-0.3, -0.25) is 0 Å². The summed E-state index contributed by atoms with van der Waals surface area (Å²) in [7, 11) is 0. The van der Waals surface area contributed by atoms with Gasteiger partial charge in [-0.15, -0.1) is 0 Å². The van der Waals surface area contributed by atoms with Gasteiger partial charge in [0, 0.05) is 19.1 Å². The van der Waals surface area contributed by atoms with Crippen LogP contribution in [0.2, 0.25) is 0 Å². The summed E-state index contributed by atoms with van der Waals surface area (Å²) in [6.45, 7) is 7.05. The van der Waals surface area contributed by atoms with Crippen LogP contribution in [0.1, 0.15) is 51.5 Å². The largest absolute Gasteiger partial charge is 0.366 e. The van der Waals surface area contributed by atoms with Gasteiger partial charge in [-0.25, -0.2) is 4.39 Å². The van der Waals surface area contributed by atoms with Gasteiger partial charge in [0.1, 0.15) is 5.82 Å². The van der Waals surface area contributed by atoms with E-state index >= 15 is 0 Å². The molecular formula is C17H27FN2. The predicted octanol–water partition coefficient (Wildman–Crippen LogP) is 4.09. The third kappa shape index (κ3) is 3.95. The van der Waals surface area contributed by atoms with E-state index in [9.17, 15) is 4.39 Å². The molecule has 1 saturated heterocycles. The Morgan fingerprint density at radius 3 is 2.90 bits per heavy atom. The Balaban J connectivity index is 2.07. The molecule has 0 spiro atoms. The molecular weight excluding hydrogens is 251 g/mol. The number of benzene rings is 1. The highest BCUT2D eigenvalue weighted by atomic mass is 19.1. The Morgan fingerprint density at radius 2 is 2.15 bits per heavy atom. The van der Waals surface area contributed by atoms with Gasteiger partial charge in [0.15, 0.2) is 0 Å². The number of halogens is 1. The third-order valence-electron chi connectivity index (χ3n) is 4.13. The second-order valence-electron chi connectivity index (χ2n) is 5.85. The topological polar surface area (TPSA) is 15.3 Å². The first kappa shape index (κ1) is 15.3. The Bertz CT molecular complexity index is 419. The van der Waals surface area contributed by atoms with Gasteiger partial charge in [0.2, 0.25) is 0 Å². The molecule has 0 amide bonds. The quantitative estimate of drug-likeness (QED) is 0.816. The maximum atomic E-state index is 14.4. The normalized spacial score (nSPS) is 19.9. The van der Waals surface area contributed by atoms with Crippen molar-refractivity contribution in [3.05, 3.63) is 29.6 Å². The van der Waals surface area contributed by atoms with Gasteiger partial charge in [0.05, 0.1) is 5.69 Å². The van der Waals surface area contributed by atoms with Crippen molar-refractivity contribution in [2.75, 3.05) is 18.0 Å². The van der Waals surface area contributed by atoms with Crippen LogP contribution in [0.3, 0.4) is 0 Å². The first-order valence-electron chi connectivity index (χ1n) is 7.98. The summed E-state index contributed by atoms with van der Waals surface area (Å²) in [5.41, 5.74) is 1.81. The predicted molar refractivity (Wildman–Crippen MR) is 83.7 cm³/mol. The molecule has 112 valence electrons. The van der Waals surface area contributed by atoms with E-state index in [1.165, 1.54) is 25.7 Å². The molecule has 0 bridgehead atoms. The van der Waals surface area contributed by atoms with Crippen molar-refractivity contribution >= 4 is 5.69 Å². The maximum Gasteiger partial charge on any atom is 0.146 e. The maximum absolute atomic E-state index is 14.4. The molecule has 1 atom stereocenters. The molecule has 0 aliphatic carbocycles. The van der Waals surface area contributed by atoms with Crippen molar-refractivity contribution in [1.82, 2.24) is 5.32 Å². The van der Waals surface area contributed by atoms with E-state index < -0.39 is 0 Å². The summed E-state index contributed by atoms with van der Waals surface area (Å²) < 4.78 is 14.4. The van der Waals surface area contributed by atoms with Gasteiger partial charge < -0.3 is 10.2 Å². The zero-order chi connectivity index (χ0) is 14.4. The van der Waals surface area contributed by atoms with Crippen LogP contribution in [0.15, 0.2) is 18.2 Å². The monoisotopic (exact) mass is 278 g/mol. The van der Waals surface area contributed by atoms with Crippen LogP contribution in [0.25, 0.3) is 0 Å². The number of hydrogen-bond acceptors (Lipinski definition) is 2. The summed E-state index contributed by atoms with van der Waals surface area (Å²) in [6, 6.07) is 6.14. The van der Waals surface area contributed by atoms with E-state index in [0.717, 1.165) is 37.3 Å². The molecule has 1 aromatic carbocycles. The Hall–Kier alpha value is -1.09.